The van der Waals surface area contributed by atoms with Crippen LogP contribution in [0.5, 0.6) is 0 Å². The maximum Gasteiger partial charge on any atom is 0.222 e. The second-order valence-corrected chi connectivity index (χ2v) is 4.04. The number of methoxy groups -OCH3 is 1. The largest absolute Gasteiger partial charge is 0.395 e. The molecule has 16 heavy (non-hydrogen) atoms. The second kappa shape index (κ2) is 7.60. The number of ether oxygens (including phenoxy) is 1. The topological polar surface area (TPSA) is 53.0 Å². The summed E-state index contributed by atoms with van der Waals surface area (Å²) in [4.78, 5) is 15.8. The summed E-state index contributed by atoms with van der Waals surface area (Å²) in [6, 6.07) is 0. The van der Waals surface area contributed by atoms with Gasteiger partial charge in [0.15, 0.2) is 0 Å². The van der Waals surface area contributed by atoms with Gasteiger partial charge in [-0.1, -0.05) is 0 Å². The fourth-order valence-electron chi connectivity index (χ4n) is 1.89. The van der Waals surface area contributed by atoms with Crippen LogP contribution in [0.15, 0.2) is 0 Å². The first-order valence-electron chi connectivity index (χ1n) is 5.88. The van der Waals surface area contributed by atoms with Gasteiger partial charge in [0, 0.05) is 52.9 Å². The van der Waals surface area contributed by atoms with Gasteiger partial charge in [0.25, 0.3) is 0 Å². The Bertz CT molecular complexity index is 203. The summed E-state index contributed by atoms with van der Waals surface area (Å²) in [7, 11) is 1.65. The van der Waals surface area contributed by atoms with E-state index in [2.05, 4.69) is 4.90 Å². The van der Waals surface area contributed by atoms with Gasteiger partial charge >= 0.3 is 0 Å². The van der Waals surface area contributed by atoms with Crippen LogP contribution in [0.25, 0.3) is 0 Å². The van der Waals surface area contributed by atoms with E-state index in [1.54, 1.807) is 7.11 Å². The van der Waals surface area contributed by atoms with E-state index in [9.17, 15) is 4.79 Å². The predicted molar refractivity (Wildman–Crippen MR) is 61.2 cm³/mol. The molecule has 5 heteroatoms. The lowest BCUT2D eigenvalue weighted by Crippen LogP contribution is -2.49. The molecule has 0 spiro atoms. The first kappa shape index (κ1) is 13.4. The first-order chi connectivity index (χ1) is 7.77. The summed E-state index contributed by atoms with van der Waals surface area (Å²) < 4.78 is 4.92. The van der Waals surface area contributed by atoms with Crippen molar-refractivity contribution < 1.29 is 14.6 Å². The van der Waals surface area contributed by atoms with Crippen molar-refractivity contribution in [3.63, 3.8) is 0 Å². The molecule has 0 unspecified atom stereocenters. The summed E-state index contributed by atoms with van der Waals surface area (Å²) in [5, 5.41) is 8.80. The summed E-state index contributed by atoms with van der Waals surface area (Å²) in [6.07, 6.45) is 1.38. The third-order valence-electron chi connectivity index (χ3n) is 2.88. The van der Waals surface area contributed by atoms with Crippen molar-refractivity contribution in [1.29, 1.82) is 0 Å². The molecule has 0 saturated carbocycles. The second-order valence-electron chi connectivity index (χ2n) is 4.04. The van der Waals surface area contributed by atoms with Gasteiger partial charge in [-0.05, 0) is 6.42 Å². The van der Waals surface area contributed by atoms with Crippen LogP contribution in [0.2, 0.25) is 0 Å². The molecule has 0 atom stereocenters. The molecule has 1 heterocycles. The molecule has 1 saturated heterocycles. The molecule has 0 aromatic rings. The number of hydrogen-bond acceptors (Lipinski definition) is 4. The van der Waals surface area contributed by atoms with Crippen LogP contribution >= 0.6 is 0 Å². The molecule has 0 aromatic heterocycles. The Morgan fingerprint density at radius 2 is 2.00 bits per heavy atom. The van der Waals surface area contributed by atoms with Crippen LogP contribution in [0.3, 0.4) is 0 Å². The summed E-state index contributed by atoms with van der Waals surface area (Å²) in [6.45, 7) is 4.87. The highest BCUT2D eigenvalue weighted by Crippen LogP contribution is 2.04. The van der Waals surface area contributed by atoms with Crippen molar-refractivity contribution in [2.24, 2.45) is 0 Å². The Balaban J connectivity index is 2.17. The highest BCUT2D eigenvalue weighted by atomic mass is 16.5. The molecule has 0 bridgehead atoms. The maximum atomic E-state index is 11.7. The van der Waals surface area contributed by atoms with E-state index in [1.165, 1.54) is 0 Å². The Hall–Kier alpha value is -0.650. The lowest BCUT2D eigenvalue weighted by atomic mass is 10.2. The lowest BCUT2D eigenvalue weighted by Gasteiger charge is -2.34. The minimum absolute atomic E-state index is 0.196. The van der Waals surface area contributed by atoms with Crippen LogP contribution < -0.4 is 0 Å². The number of nitrogens with zero attached hydrogens (tertiary/aromatic N) is 2. The van der Waals surface area contributed by atoms with E-state index < -0.39 is 0 Å². The van der Waals surface area contributed by atoms with Gasteiger partial charge < -0.3 is 14.7 Å². The van der Waals surface area contributed by atoms with E-state index in [0.717, 1.165) is 32.6 Å². The van der Waals surface area contributed by atoms with Crippen LogP contribution in [0, 0.1) is 0 Å². The molecule has 1 aliphatic rings. The molecule has 1 rings (SSSR count). The van der Waals surface area contributed by atoms with Crippen molar-refractivity contribution in [3.05, 3.63) is 0 Å². The third kappa shape index (κ3) is 4.47. The first-order valence-corrected chi connectivity index (χ1v) is 5.88. The van der Waals surface area contributed by atoms with Crippen molar-refractivity contribution in [2.75, 3.05) is 53.0 Å². The highest BCUT2D eigenvalue weighted by molar-refractivity contribution is 5.76. The van der Waals surface area contributed by atoms with Gasteiger partial charge in [0.1, 0.15) is 0 Å². The zero-order valence-electron chi connectivity index (χ0n) is 10.0. The molecule has 0 aliphatic carbocycles. The lowest BCUT2D eigenvalue weighted by molar-refractivity contribution is -0.133. The number of carbonyl (C=O) groups is 1. The van der Waals surface area contributed by atoms with Crippen molar-refractivity contribution in [1.82, 2.24) is 9.80 Å². The predicted octanol–water partition coefficient (Wildman–Crippen LogP) is -0.450. The van der Waals surface area contributed by atoms with Crippen molar-refractivity contribution in [3.8, 4) is 0 Å². The highest BCUT2D eigenvalue weighted by Gasteiger charge is 2.19. The molecule has 1 fully saturated rings. The molecule has 1 N–H and O–H groups in total. The molecule has 5 nitrogen and oxygen atoms in total. The molecule has 0 aromatic carbocycles. The molecule has 94 valence electrons. The number of amides is 1. The minimum atomic E-state index is 0.196. The maximum absolute atomic E-state index is 11.7. The van der Waals surface area contributed by atoms with E-state index in [4.69, 9.17) is 9.84 Å². The van der Waals surface area contributed by atoms with Crippen LogP contribution in [-0.2, 0) is 9.53 Å². The zero-order valence-corrected chi connectivity index (χ0v) is 10.0. The van der Waals surface area contributed by atoms with Crippen molar-refractivity contribution in [2.45, 2.75) is 12.8 Å². The molecule has 1 aliphatic heterocycles. The Morgan fingerprint density at radius 1 is 1.31 bits per heavy atom. The Kier molecular flexibility index (Phi) is 6.37. The smallest absolute Gasteiger partial charge is 0.222 e. The average molecular weight is 230 g/mol. The zero-order chi connectivity index (χ0) is 11.8. The number of piperazine rings is 1. The summed E-state index contributed by atoms with van der Waals surface area (Å²) >= 11 is 0. The number of aliphatic hydroxyl groups is 1. The van der Waals surface area contributed by atoms with Crippen LogP contribution in [0.4, 0.5) is 0 Å². The molecular weight excluding hydrogens is 208 g/mol. The van der Waals surface area contributed by atoms with E-state index >= 15 is 0 Å². The van der Waals surface area contributed by atoms with Crippen LogP contribution in [0.1, 0.15) is 12.8 Å². The van der Waals surface area contributed by atoms with Gasteiger partial charge in [0.2, 0.25) is 5.91 Å². The fourth-order valence-corrected chi connectivity index (χ4v) is 1.89. The van der Waals surface area contributed by atoms with Gasteiger partial charge in [-0.25, -0.2) is 0 Å². The number of β-amino-alcohol motifs (C(OH)–C–C–N with tert-alkyl or cyclic N) is 1. The van der Waals surface area contributed by atoms with Gasteiger partial charge in [-0.15, -0.1) is 0 Å². The van der Waals surface area contributed by atoms with E-state index in [-0.39, 0.29) is 12.5 Å². The molecule has 0 radical (unpaired) electrons. The number of aliphatic hydroxyl groups excluding tert-OH is 1. The average Bonchev–Trinajstić information content (AvgIpc) is 2.30. The fraction of sp³-hybridized carbons (Fsp3) is 0.909. The normalized spacial score (nSPS) is 17.8. The standard InChI is InChI=1S/C11H22N2O3/c1-16-10-2-3-11(15)13-6-4-12(5-7-13)8-9-14/h14H,2-10H2,1H3. The third-order valence-corrected chi connectivity index (χ3v) is 2.88. The summed E-state index contributed by atoms with van der Waals surface area (Å²) in [5.41, 5.74) is 0. The van der Waals surface area contributed by atoms with Crippen LogP contribution in [-0.4, -0.2) is 73.9 Å². The number of hydrogen-bond donors (Lipinski definition) is 1. The quantitative estimate of drug-likeness (QED) is 0.628. The van der Waals surface area contributed by atoms with Gasteiger partial charge in [0.05, 0.1) is 6.61 Å². The monoisotopic (exact) mass is 230 g/mol. The molecular formula is C11H22N2O3. The Morgan fingerprint density at radius 3 is 2.56 bits per heavy atom. The van der Waals surface area contributed by atoms with E-state index in [0.29, 0.717) is 19.6 Å². The van der Waals surface area contributed by atoms with Crippen molar-refractivity contribution >= 4 is 5.91 Å². The molecule has 1 amide bonds. The minimum Gasteiger partial charge on any atom is -0.395 e. The Labute approximate surface area is 97.0 Å². The number of carbonyl (C=O) groups excluding carboxylic acids is 1. The van der Waals surface area contributed by atoms with Gasteiger partial charge in [-0.2, -0.15) is 0 Å². The number of rotatable bonds is 6. The SMILES string of the molecule is COCCCC(=O)N1CCN(CCO)CC1. The van der Waals surface area contributed by atoms with Gasteiger partial charge in [-0.3, -0.25) is 9.69 Å². The van der Waals surface area contributed by atoms with E-state index in [1.807, 2.05) is 4.90 Å². The summed E-state index contributed by atoms with van der Waals surface area (Å²) in [5.74, 6) is 0.223.